The zero-order valence-corrected chi connectivity index (χ0v) is 12.3. The highest BCUT2D eigenvalue weighted by Gasteiger charge is 2.22. The van der Waals surface area contributed by atoms with Crippen molar-refractivity contribution in [2.45, 2.75) is 25.7 Å². The summed E-state index contributed by atoms with van der Waals surface area (Å²) in [7, 11) is -3.68. The van der Waals surface area contributed by atoms with Gasteiger partial charge in [-0.1, -0.05) is 0 Å². The summed E-state index contributed by atoms with van der Waals surface area (Å²) in [4.78, 5) is 4.16. The van der Waals surface area contributed by atoms with E-state index in [1.165, 1.54) is 6.20 Å². The minimum absolute atomic E-state index is 0.159. The maximum absolute atomic E-state index is 12.3. The van der Waals surface area contributed by atoms with Crippen LogP contribution in [0.25, 0.3) is 0 Å². The van der Waals surface area contributed by atoms with Crippen molar-refractivity contribution in [3.05, 3.63) is 29.7 Å². The summed E-state index contributed by atoms with van der Waals surface area (Å²) >= 11 is 0. The Balaban J connectivity index is 2.24. The van der Waals surface area contributed by atoms with Crippen LogP contribution in [0.4, 0.5) is 5.69 Å². The molecule has 0 amide bonds. The Morgan fingerprint density at radius 3 is 2.60 bits per heavy atom. The van der Waals surface area contributed by atoms with Gasteiger partial charge in [-0.2, -0.15) is 5.10 Å². The monoisotopic (exact) mass is 296 g/mol. The summed E-state index contributed by atoms with van der Waals surface area (Å²) in [5, 5.41) is 6.53. The molecule has 2 aromatic rings. The molecule has 8 heteroatoms. The summed E-state index contributed by atoms with van der Waals surface area (Å²) < 4.78 is 32.2. The molecule has 2 aromatic heterocycles. The molecule has 0 atom stereocenters. The molecule has 0 bridgehead atoms. The van der Waals surface area contributed by atoms with Gasteiger partial charge in [0.2, 0.25) is 5.88 Å². The van der Waals surface area contributed by atoms with Crippen LogP contribution in [0.3, 0.4) is 0 Å². The third-order valence-corrected chi connectivity index (χ3v) is 4.25. The quantitative estimate of drug-likeness (QED) is 0.874. The van der Waals surface area contributed by atoms with E-state index in [0.717, 1.165) is 0 Å². The summed E-state index contributed by atoms with van der Waals surface area (Å²) in [5.74, 6) is 0.450. The molecule has 7 nitrogen and oxygen atoms in total. The van der Waals surface area contributed by atoms with Crippen LogP contribution in [0, 0.1) is 13.8 Å². The standard InChI is InChI=1S/C12H16N4O3S/c1-4-19-11-6-5-10(7-13-11)16-20(17,18)12-8(2)14-15-9(12)3/h5-7,16H,4H2,1-3H3,(H,14,15). The molecule has 2 rings (SSSR count). The van der Waals surface area contributed by atoms with E-state index in [9.17, 15) is 8.42 Å². The third kappa shape index (κ3) is 2.90. The second kappa shape index (κ2) is 5.49. The number of hydrogen-bond acceptors (Lipinski definition) is 5. The van der Waals surface area contributed by atoms with Crippen LogP contribution in [0.1, 0.15) is 18.3 Å². The minimum Gasteiger partial charge on any atom is -0.478 e. The molecule has 2 heterocycles. The molecule has 0 fully saturated rings. The number of aryl methyl sites for hydroxylation is 2. The lowest BCUT2D eigenvalue weighted by Gasteiger charge is -2.08. The lowest BCUT2D eigenvalue weighted by molar-refractivity contribution is 0.327. The fraction of sp³-hybridized carbons (Fsp3) is 0.333. The molecule has 0 radical (unpaired) electrons. The summed E-state index contributed by atoms with van der Waals surface area (Å²) in [6, 6.07) is 3.21. The van der Waals surface area contributed by atoms with Gasteiger partial charge < -0.3 is 4.74 Å². The topological polar surface area (TPSA) is 97.0 Å². The van der Waals surface area contributed by atoms with Crippen LogP contribution in [-0.4, -0.2) is 30.2 Å². The van der Waals surface area contributed by atoms with Gasteiger partial charge in [0.1, 0.15) is 4.90 Å². The lowest BCUT2D eigenvalue weighted by atomic mass is 10.4. The molecular formula is C12H16N4O3S. The Labute approximate surface area is 117 Å². The average Bonchev–Trinajstić information content (AvgIpc) is 2.72. The fourth-order valence-corrected chi connectivity index (χ4v) is 3.23. The van der Waals surface area contributed by atoms with E-state index in [1.807, 2.05) is 6.92 Å². The highest BCUT2D eigenvalue weighted by atomic mass is 32.2. The molecular weight excluding hydrogens is 280 g/mol. The lowest BCUT2D eigenvalue weighted by Crippen LogP contribution is -2.14. The number of pyridine rings is 1. The van der Waals surface area contributed by atoms with Gasteiger partial charge in [-0.3, -0.25) is 9.82 Å². The Kier molecular flexibility index (Phi) is 3.93. The number of nitrogens with one attached hydrogen (secondary N) is 2. The van der Waals surface area contributed by atoms with Crippen LogP contribution >= 0.6 is 0 Å². The number of ether oxygens (including phenoxy) is 1. The predicted molar refractivity (Wildman–Crippen MR) is 74.3 cm³/mol. The van der Waals surface area contributed by atoms with Gasteiger partial charge >= 0.3 is 0 Å². The summed E-state index contributed by atoms with van der Waals surface area (Å²) in [6.45, 7) is 5.65. The van der Waals surface area contributed by atoms with E-state index in [2.05, 4.69) is 19.9 Å². The first-order chi connectivity index (χ1) is 9.44. The van der Waals surface area contributed by atoms with Gasteiger partial charge in [0, 0.05) is 6.07 Å². The van der Waals surface area contributed by atoms with Gasteiger partial charge in [0.05, 0.1) is 29.9 Å². The first kappa shape index (κ1) is 14.3. The highest BCUT2D eigenvalue weighted by molar-refractivity contribution is 7.92. The Morgan fingerprint density at radius 2 is 2.10 bits per heavy atom. The molecule has 108 valence electrons. The number of anilines is 1. The fourth-order valence-electron chi connectivity index (χ4n) is 1.82. The number of aromatic nitrogens is 3. The molecule has 0 aliphatic heterocycles. The van der Waals surface area contributed by atoms with Crippen molar-refractivity contribution < 1.29 is 13.2 Å². The van der Waals surface area contributed by atoms with Crippen molar-refractivity contribution in [1.82, 2.24) is 15.2 Å². The first-order valence-corrected chi connectivity index (χ1v) is 7.55. The number of sulfonamides is 1. The van der Waals surface area contributed by atoms with Crippen molar-refractivity contribution in [3.63, 3.8) is 0 Å². The summed E-state index contributed by atoms with van der Waals surface area (Å²) in [5.41, 5.74) is 1.29. The minimum atomic E-state index is -3.68. The van der Waals surface area contributed by atoms with Gasteiger partial charge in [-0.15, -0.1) is 0 Å². The molecule has 0 saturated carbocycles. The zero-order chi connectivity index (χ0) is 14.8. The zero-order valence-electron chi connectivity index (χ0n) is 11.5. The van der Waals surface area contributed by atoms with Gasteiger partial charge in [-0.05, 0) is 26.8 Å². The average molecular weight is 296 g/mol. The first-order valence-electron chi connectivity index (χ1n) is 6.07. The van der Waals surface area contributed by atoms with Gasteiger partial charge in [0.25, 0.3) is 10.0 Å². The second-order valence-corrected chi connectivity index (χ2v) is 5.81. The van der Waals surface area contributed by atoms with Crippen molar-refractivity contribution in [1.29, 1.82) is 0 Å². The third-order valence-electron chi connectivity index (χ3n) is 2.61. The second-order valence-electron chi connectivity index (χ2n) is 4.19. The van der Waals surface area contributed by atoms with E-state index >= 15 is 0 Å². The number of aromatic amines is 1. The Bertz CT molecular complexity index is 672. The molecule has 0 spiro atoms. The molecule has 2 N–H and O–H groups in total. The molecule has 0 aromatic carbocycles. The van der Waals surface area contributed by atoms with E-state index in [4.69, 9.17) is 4.74 Å². The summed E-state index contributed by atoms with van der Waals surface area (Å²) in [6.07, 6.45) is 1.41. The van der Waals surface area contributed by atoms with Crippen LogP contribution < -0.4 is 9.46 Å². The van der Waals surface area contributed by atoms with E-state index < -0.39 is 10.0 Å². The predicted octanol–water partition coefficient (Wildman–Crippen LogP) is 1.62. The van der Waals surface area contributed by atoms with E-state index in [1.54, 1.807) is 26.0 Å². The molecule has 0 aliphatic rings. The van der Waals surface area contributed by atoms with Crippen LogP contribution in [-0.2, 0) is 10.0 Å². The van der Waals surface area contributed by atoms with Crippen molar-refractivity contribution in [3.8, 4) is 5.88 Å². The van der Waals surface area contributed by atoms with Crippen LogP contribution in [0.2, 0.25) is 0 Å². The van der Waals surface area contributed by atoms with E-state index in [-0.39, 0.29) is 4.90 Å². The van der Waals surface area contributed by atoms with Crippen molar-refractivity contribution in [2.24, 2.45) is 0 Å². The number of H-pyrrole nitrogens is 1. The van der Waals surface area contributed by atoms with Gasteiger partial charge in [0.15, 0.2) is 0 Å². The number of rotatable bonds is 5. The molecule has 20 heavy (non-hydrogen) atoms. The molecule has 0 saturated heterocycles. The molecule has 0 unspecified atom stereocenters. The van der Waals surface area contributed by atoms with E-state index in [0.29, 0.717) is 29.6 Å². The normalized spacial score (nSPS) is 11.3. The Morgan fingerprint density at radius 1 is 1.35 bits per heavy atom. The maximum atomic E-state index is 12.3. The largest absolute Gasteiger partial charge is 0.478 e. The number of nitrogens with zero attached hydrogens (tertiary/aromatic N) is 2. The SMILES string of the molecule is CCOc1ccc(NS(=O)(=O)c2c(C)n[nH]c2C)cn1. The maximum Gasteiger partial charge on any atom is 0.265 e. The molecule has 0 aliphatic carbocycles. The van der Waals surface area contributed by atoms with Crippen LogP contribution in [0.15, 0.2) is 23.2 Å². The number of hydrogen-bond donors (Lipinski definition) is 2. The van der Waals surface area contributed by atoms with Crippen LogP contribution in [0.5, 0.6) is 5.88 Å². The highest BCUT2D eigenvalue weighted by Crippen LogP contribution is 2.21. The smallest absolute Gasteiger partial charge is 0.265 e. The van der Waals surface area contributed by atoms with Gasteiger partial charge in [-0.25, -0.2) is 13.4 Å². The van der Waals surface area contributed by atoms with Crippen molar-refractivity contribution in [2.75, 3.05) is 11.3 Å². The Hall–Kier alpha value is -2.09. The van der Waals surface area contributed by atoms with Crippen molar-refractivity contribution >= 4 is 15.7 Å².